The molecule has 3 aromatic carbocycles. The van der Waals surface area contributed by atoms with Crippen LogP contribution in [0.3, 0.4) is 0 Å². The van der Waals surface area contributed by atoms with Gasteiger partial charge in [0.2, 0.25) is 0 Å². The number of carbonyl (C=O) groups is 1. The molecule has 0 fully saturated rings. The van der Waals surface area contributed by atoms with Crippen LogP contribution in [0, 0.1) is 21.4 Å². The molecule has 0 aliphatic heterocycles. The Labute approximate surface area is 165 Å². The first kappa shape index (κ1) is 19.3. The van der Waals surface area contributed by atoms with Gasteiger partial charge in [-0.1, -0.05) is 30.3 Å². The van der Waals surface area contributed by atoms with Crippen LogP contribution in [0.5, 0.6) is 11.5 Å². The molecule has 0 aliphatic carbocycles. The van der Waals surface area contributed by atoms with E-state index in [1.54, 1.807) is 48.5 Å². The van der Waals surface area contributed by atoms with E-state index < -0.39 is 4.92 Å². The molecule has 0 unspecified atom stereocenters. The van der Waals surface area contributed by atoms with Crippen molar-refractivity contribution in [2.24, 2.45) is 5.10 Å². The van der Waals surface area contributed by atoms with Crippen LogP contribution < -0.4 is 10.2 Å². The van der Waals surface area contributed by atoms with Gasteiger partial charge in [-0.15, -0.1) is 0 Å². The molecule has 142 valence electrons. The number of rotatable bonds is 6. The molecular weight excluding hydrogens is 372 g/mol. The van der Waals surface area contributed by atoms with E-state index in [0.29, 0.717) is 16.9 Å². The maximum atomic E-state index is 12.0. The second kappa shape index (κ2) is 8.92. The Morgan fingerprint density at radius 2 is 1.90 bits per heavy atom. The molecule has 3 rings (SSSR count). The first-order valence-corrected chi connectivity index (χ1v) is 8.42. The van der Waals surface area contributed by atoms with Crippen LogP contribution in [0.25, 0.3) is 0 Å². The molecule has 0 aliphatic rings. The van der Waals surface area contributed by atoms with Gasteiger partial charge in [-0.25, -0.2) is 5.43 Å². The number of non-ortho nitro benzene ring substituents is 1. The quantitative estimate of drug-likeness (QED) is 0.390. The summed E-state index contributed by atoms with van der Waals surface area (Å²) >= 11 is 0. The number of hydrogen-bond acceptors (Lipinski definition) is 6. The maximum absolute atomic E-state index is 12.0. The molecule has 8 heteroatoms. The Morgan fingerprint density at radius 1 is 1.10 bits per heavy atom. The fraction of sp³-hybridized carbons (Fsp3) is 0. The third kappa shape index (κ3) is 5.02. The molecule has 3 aromatic rings. The van der Waals surface area contributed by atoms with Crippen molar-refractivity contribution in [3.63, 3.8) is 0 Å². The van der Waals surface area contributed by atoms with Gasteiger partial charge in [0, 0.05) is 17.7 Å². The minimum Gasteiger partial charge on any atom is -0.456 e. The van der Waals surface area contributed by atoms with E-state index >= 15 is 0 Å². The molecule has 0 saturated heterocycles. The number of hydrogen-bond donors (Lipinski definition) is 1. The summed E-state index contributed by atoms with van der Waals surface area (Å²) in [6, 6.07) is 21.1. The number of nitro benzene ring substituents is 1. The summed E-state index contributed by atoms with van der Waals surface area (Å²) in [5, 5.41) is 24.0. The van der Waals surface area contributed by atoms with Gasteiger partial charge < -0.3 is 4.74 Å². The van der Waals surface area contributed by atoms with Crippen LogP contribution in [0.15, 0.2) is 77.9 Å². The standard InChI is InChI=1S/C21H14N4O4/c22-13-17-12-18(25(27)28)9-10-20(17)29-19-8-4-5-15(11-19)14-23-24-21(26)16-6-2-1-3-7-16/h1-12,14H,(H,24,26)/b23-14-. The average Bonchev–Trinajstić information content (AvgIpc) is 2.74. The highest BCUT2D eigenvalue weighted by Crippen LogP contribution is 2.28. The lowest BCUT2D eigenvalue weighted by molar-refractivity contribution is -0.384. The second-order valence-electron chi connectivity index (χ2n) is 5.79. The van der Waals surface area contributed by atoms with Gasteiger partial charge in [0.25, 0.3) is 11.6 Å². The van der Waals surface area contributed by atoms with Crippen LogP contribution >= 0.6 is 0 Å². The molecule has 1 N–H and O–H groups in total. The first-order chi connectivity index (χ1) is 14.1. The van der Waals surface area contributed by atoms with Crippen molar-refractivity contribution in [1.82, 2.24) is 5.43 Å². The van der Waals surface area contributed by atoms with Gasteiger partial charge in [-0.3, -0.25) is 14.9 Å². The summed E-state index contributed by atoms with van der Waals surface area (Å²) in [6.07, 6.45) is 1.45. The topological polar surface area (TPSA) is 118 Å². The van der Waals surface area contributed by atoms with E-state index in [9.17, 15) is 20.2 Å². The normalized spacial score (nSPS) is 10.3. The number of amides is 1. The third-order valence-corrected chi connectivity index (χ3v) is 3.80. The van der Waals surface area contributed by atoms with Gasteiger partial charge >= 0.3 is 0 Å². The maximum Gasteiger partial charge on any atom is 0.271 e. The molecule has 29 heavy (non-hydrogen) atoms. The van der Waals surface area contributed by atoms with Crippen molar-refractivity contribution >= 4 is 17.8 Å². The van der Waals surface area contributed by atoms with Gasteiger partial charge in [-0.2, -0.15) is 10.4 Å². The van der Waals surface area contributed by atoms with Crippen molar-refractivity contribution in [2.45, 2.75) is 0 Å². The van der Waals surface area contributed by atoms with E-state index in [4.69, 9.17) is 4.74 Å². The Hall–Kier alpha value is -4.51. The Balaban J connectivity index is 1.71. The number of nitriles is 1. The summed E-state index contributed by atoms with van der Waals surface area (Å²) in [5.41, 5.74) is 3.43. The van der Waals surface area contributed by atoms with Gasteiger partial charge in [0.05, 0.1) is 11.1 Å². The smallest absolute Gasteiger partial charge is 0.271 e. The Bertz CT molecular complexity index is 1120. The number of ether oxygens (including phenoxy) is 1. The van der Waals surface area contributed by atoms with E-state index in [2.05, 4.69) is 10.5 Å². The number of nitrogens with zero attached hydrogens (tertiary/aromatic N) is 3. The molecule has 0 atom stereocenters. The monoisotopic (exact) mass is 386 g/mol. The van der Waals surface area contributed by atoms with E-state index in [-0.39, 0.29) is 22.9 Å². The zero-order chi connectivity index (χ0) is 20.6. The van der Waals surface area contributed by atoms with Crippen LogP contribution in [0.4, 0.5) is 5.69 Å². The highest BCUT2D eigenvalue weighted by Gasteiger charge is 2.12. The van der Waals surface area contributed by atoms with Crippen molar-refractivity contribution in [3.8, 4) is 17.6 Å². The lowest BCUT2D eigenvalue weighted by Crippen LogP contribution is -2.17. The number of hydrazone groups is 1. The predicted molar refractivity (Wildman–Crippen MR) is 106 cm³/mol. The van der Waals surface area contributed by atoms with Gasteiger partial charge in [0.15, 0.2) is 0 Å². The fourth-order valence-electron chi connectivity index (χ4n) is 2.41. The predicted octanol–water partition coefficient (Wildman–Crippen LogP) is 4.02. The molecule has 8 nitrogen and oxygen atoms in total. The summed E-state index contributed by atoms with van der Waals surface area (Å²) in [4.78, 5) is 22.2. The number of carbonyl (C=O) groups excluding carboxylic acids is 1. The van der Waals surface area contributed by atoms with Gasteiger partial charge in [-0.05, 0) is 35.9 Å². The van der Waals surface area contributed by atoms with Crippen LogP contribution in [0.2, 0.25) is 0 Å². The highest BCUT2D eigenvalue weighted by atomic mass is 16.6. The van der Waals surface area contributed by atoms with Crippen LogP contribution in [-0.4, -0.2) is 17.0 Å². The third-order valence-electron chi connectivity index (χ3n) is 3.80. The lowest BCUT2D eigenvalue weighted by atomic mass is 10.2. The molecule has 0 bridgehead atoms. The number of nitrogens with one attached hydrogen (secondary N) is 1. The average molecular weight is 386 g/mol. The largest absolute Gasteiger partial charge is 0.456 e. The minimum absolute atomic E-state index is 0.0494. The number of benzene rings is 3. The zero-order valence-corrected chi connectivity index (χ0v) is 15.0. The summed E-state index contributed by atoms with van der Waals surface area (Å²) < 4.78 is 5.68. The zero-order valence-electron chi connectivity index (χ0n) is 15.0. The van der Waals surface area contributed by atoms with E-state index in [1.807, 2.05) is 12.1 Å². The first-order valence-electron chi connectivity index (χ1n) is 8.42. The highest BCUT2D eigenvalue weighted by molar-refractivity contribution is 5.94. The van der Waals surface area contributed by atoms with Crippen LogP contribution in [0.1, 0.15) is 21.5 Å². The minimum atomic E-state index is -0.578. The second-order valence-corrected chi connectivity index (χ2v) is 5.79. The van der Waals surface area contributed by atoms with Crippen molar-refractivity contribution in [2.75, 3.05) is 0 Å². The summed E-state index contributed by atoms with van der Waals surface area (Å²) in [7, 11) is 0. The molecule has 0 aromatic heterocycles. The SMILES string of the molecule is N#Cc1cc([N+](=O)[O-])ccc1Oc1cccc(/C=N\NC(=O)c2ccccc2)c1. The molecular formula is C21H14N4O4. The van der Waals surface area contributed by atoms with Crippen molar-refractivity contribution in [1.29, 1.82) is 5.26 Å². The molecule has 0 heterocycles. The number of nitro groups is 1. The van der Waals surface area contributed by atoms with E-state index in [1.165, 1.54) is 18.3 Å². The Morgan fingerprint density at radius 3 is 2.62 bits per heavy atom. The fourth-order valence-corrected chi connectivity index (χ4v) is 2.41. The molecule has 0 spiro atoms. The summed E-state index contributed by atoms with van der Waals surface area (Å²) in [5.74, 6) is 0.275. The summed E-state index contributed by atoms with van der Waals surface area (Å²) in [6.45, 7) is 0. The lowest BCUT2D eigenvalue weighted by Gasteiger charge is -2.08. The Kier molecular flexibility index (Phi) is 5.93. The van der Waals surface area contributed by atoms with Crippen LogP contribution in [-0.2, 0) is 0 Å². The van der Waals surface area contributed by atoms with E-state index in [0.717, 1.165) is 6.07 Å². The van der Waals surface area contributed by atoms with Crippen molar-refractivity contribution < 1.29 is 14.5 Å². The van der Waals surface area contributed by atoms with Gasteiger partial charge in [0.1, 0.15) is 23.1 Å². The molecule has 1 amide bonds. The van der Waals surface area contributed by atoms with Crippen molar-refractivity contribution in [3.05, 3.63) is 99.6 Å². The molecule has 0 saturated carbocycles. The molecule has 0 radical (unpaired) electrons.